The van der Waals surface area contributed by atoms with Crippen LogP contribution >= 0.6 is 0 Å². The van der Waals surface area contributed by atoms with Gasteiger partial charge in [-0.1, -0.05) is 60.7 Å². The van der Waals surface area contributed by atoms with Crippen LogP contribution in [0.3, 0.4) is 0 Å². The number of hydrogen-bond acceptors (Lipinski definition) is 4. The molecule has 0 aromatic heterocycles. The molecule has 2 N–H and O–H groups in total. The average molecular weight is 473 g/mol. The smallest absolute Gasteiger partial charge is 0.407 e. The Labute approximate surface area is 204 Å². The number of ether oxygens (including phenoxy) is 1. The Balaban J connectivity index is 1.19. The molecule has 0 saturated heterocycles. The van der Waals surface area contributed by atoms with Crippen LogP contribution in [0.25, 0.3) is 11.1 Å². The van der Waals surface area contributed by atoms with E-state index in [4.69, 9.17) is 9.84 Å². The lowest BCUT2D eigenvalue weighted by molar-refractivity contribution is -0.130. The van der Waals surface area contributed by atoms with Crippen molar-refractivity contribution in [2.24, 2.45) is 0 Å². The Kier molecular flexibility index (Phi) is 7.45. The van der Waals surface area contributed by atoms with Crippen LogP contribution in [0.15, 0.2) is 72.8 Å². The highest BCUT2D eigenvalue weighted by Crippen LogP contribution is 2.44. The molecular formula is C28H28N2O5. The minimum Gasteiger partial charge on any atom is -0.478 e. The Morgan fingerprint density at radius 1 is 0.914 bits per heavy atom. The summed E-state index contributed by atoms with van der Waals surface area (Å²) < 4.78 is 5.51. The maximum absolute atomic E-state index is 12.4. The van der Waals surface area contributed by atoms with Crippen molar-refractivity contribution in [3.05, 3.63) is 95.1 Å². The molecule has 3 aromatic rings. The lowest BCUT2D eigenvalue weighted by atomic mass is 9.98. The Bertz CT molecular complexity index is 1180. The van der Waals surface area contributed by atoms with E-state index in [-0.39, 0.29) is 30.4 Å². The highest BCUT2D eigenvalue weighted by Gasteiger charge is 2.28. The minimum absolute atomic E-state index is 0.00735. The van der Waals surface area contributed by atoms with Gasteiger partial charge in [-0.25, -0.2) is 9.59 Å². The van der Waals surface area contributed by atoms with E-state index in [0.29, 0.717) is 19.5 Å². The van der Waals surface area contributed by atoms with Crippen LogP contribution in [0.1, 0.15) is 45.8 Å². The summed E-state index contributed by atoms with van der Waals surface area (Å²) in [4.78, 5) is 37.2. The molecule has 0 heterocycles. The summed E-state index contributed by atoms with van der Waals surface area (Å²) in [5.74, 6) is -1.03. The lowest BCUT2D eigenvalue weighted by Gasteiger charge is -2.17. The van der Waals surface area contributed by atoms with Gasteiger partial charge in [0.1, 0.15) is 6.61 Å². The number of nitrogens with zero attached hydrogens (tertiary/aromatic N) is 1. The number of aromatic carboxylic acids is 1. The molecule has 7 heteroatoms. The summed E-state index contributed by atoms with van der Waals surface area (Å²) in [6.07, 6.45) is 0.282. The van der Waals surface area contributed by atoms with Crippen LogP contribution in [0.2, 0.25) is 0 Å². The zero-order valence-electron chi connectivity index (χ0n) is 19.6. The fourth-order valence-corrected chi connectivity index (χ4v) is 4.39. The number of alkyl carbamates (subject to hydrolysis) is 1. The number of carbonyl (C=O) groups excluding carboxylic acids is 2. The van der Waals surface area contributed by atoms with Crippen molar-refractivity contribution in [1.29, 1.82) is 0 Å². The van der Waals surface area contributed by atoms with Crippen molar-refractivity contribution in [2.75, 3.05) is 20.2 Å². The molecule has 4 rings (SSSR count). The van der Waals surface area contributed by atoms with E-state index in [1.165, 1.54) is 23.3 Å². The number of benzene rings is 3. The standard InChI is InChI=1S/C28H28N2O5/c1-30(17-19-12-14-20(15-13-19)27(32)33)26(31)11-6-16-29-28(34)35-18-25-23-9-4-2-7-21(23)22-8-3-5-10-24(22)25/h2-5,7-10,12-15,25H,6,11,16-18H2,1H3,(H,29,34)(H,32,33). The van der Waals surface area contributed by atoms with E-state index in [2.05, 4.69) is 29.6 Å². The van der Waals surface area contributed by atoms with E-state index < -0.39 is 12.1 Å². The van der Waals surface area contributed by atoms with Crippen molar-refractivity contribution in [2.45, 2.75) is 25.3 Å². The number of carboxylic acid groups (broad SMARTS) is 1. The number of carboxylic acids is 1. The maximum Gasteiger partial charge on any atom is 0.407 e. The first-order valence-electron chi connectivity index (χ1n) is 11.6. The molecule has 0 aliphatic heterocycles. The molecule has 0 radical (unpaired) electrons. The SMILES string of the molecule is CN(Cc1ccc(C(=O)O)cc1)C(=O)CCCNC(=O)OCC1c2ccccc2-c2ccccc21. The van der Waals surface area contributed by atoms with Crippen molar-refractivity contribution < 1.29 is 24.2 Å². The molecule has 1 aliphatic rings. The second-order valence-electron chi connectivity index (χ2n) is 8.61. The molecule has 0 saturated carbocycles. The molecule has 1 aliphatic carbocycles. The summed E-state index contributed by atoms with van der Waals surface area (Å²) in [5.41, 5.74) is 5.74. The highest BCUT2D eigenvalue weighted by atomic mass is 16.5. The zero-order chi connectivity index (χ0) is 24.8. The summed E-state index contributed by atoms with van der Waals surface area (Å²) in [5, 5.41) is 11.7. The second kappa shape index (κ2) is 10.9. The Morgan fingerprint density at radius 2 is 1.51 bits per heavy atom. The normalized spacial score (nSPS) is 11.9. The quantitative estimate of drug-likeness (QED) is 0.442. The topological polar surface area (TPSA) is 95.9 Å². The fourth-order valence-electron chi connectivity index (χ4n) is 4.39. The predicted molar refractivity (Wildman–Crippen MR) is 132 cm³/mol. The first-order valence-corrected chi connectivity index (χ1v) is 11.6. The third-order valence-corrected chi connectivity index (χ3v) is 6.23. The zero-order valence-corrected chi connectivity index (χ0v) is 19.6. The van der Waals surface area contributed by atoms with Gasteiger partial charge in [-0.2, -0.15) is 0 Å². The molecular weight excluding hydrogens is 444 g/mol. The number of fused-ring (bicyclic) bond motifs is 3. The first kappa shape index (κ1) is 24.0. The van der Waals surface area contributed by atoms with Gasteiger partial charge in [0.05, 0.1) is 5.56 Å². The van der Waals surface area contributed by atoms with Crippen LogP contribution in [-0.4, -0.2) is 48.2 Å². The summed E-state index contributed by atoms with van der Waals surface area (Å²) >= 11 is 0. The van der Waals surface area contributed by atoms with Gasteiger partial charge in [-0.3, -0.25) is 4.79 Å². The minimum atomic E-state index is -0.982. The predicted octanol–water partition coefficient (Wildman–Crippen LogP) is 4.66. The summed E-state index contributed by atoms with van der Waals surface area (Å²) in [6.45, 7) is 0.976. The van der Waals surface area contributed by atoms with Gasteiger partial charge in [0.2, 0.25) is 5.91 Å². The van der Waals surface area contributed by atoms with E-state index in [1.807, 2.05) is 24.3 Å². The summed E-state index contributed by atoms with van der Waals surface area (Å²) in [7, 11) is 1.70. The molecule has 7 nitrogen and oxygen atoms in total. The fraction of sp³-hybridized carbons (Fsp3) is 0.250. The second-order valence-corrected chi connectivity index (χ2v) is 8.61. The van der Waals surface area contributed by atoms with Crippen molar-refractivity contribution in [3.63, 3.8) is 0 Å². The number of hydrogen-bond donors (Lipinski definition) is 2. The van der Waals surface area contributed by atoms with Crippen molar-refractivity contribution in [3.8, 4) is 11.1 Å². The number of carbonyl (C=O) groups is 3. The van der Waals surface area contributed by atoms with E-state index in [0.717, 1.165) is 16.7 Å². The van der Waals surface area contributed by atoms with E-state index in [1.54, 1.807) is 24.1 Å². The van der Waals surface area contributed by atoms with Crippen molar-refractivity contribution in [1.82, 2.24) is 10.2 Å². The largest absolute Gasteiger partial charge is 0.478 e. The van der Waals surface area contributed by atoms with Gasteiger partial charge in [0, 0.05) is 32.5 Å². The number of nitrogens with one attached hydrogen (secondary N) is 1. The van der Waals surface area contributed by atoms with Gasteiger partial charge in [0.25, 0.3) is 0 Å². The van der Waals surface area contributed by atoms with Gasteiger partial charge >= 0.3 is 12.1 Å². The molecule has 180 valence electrons. The first-order chi connectivity index (χ1) is 16.9. The van der Waals surface area contributed by atoms with E-state index >= 15 is 0 Å². The molecule has 2 amide bonds. The molecule has 35 heavy (non-hydrogen) atoms. The van der Waals surface area contributed by atoms with Crippen LogP contribution < -0.4 is 5.32 Å². The van der Waals surface area contributed by atoms with Gasteiger partial charge < -0.3 is 20.1 Å². The monoisotopic (exact) mass is 472 g/mol. The summed E-state index contributed by atoms with van der Waals surface area (Å²) in [6, 6.07) is 22.8. The van der Waals surface area contributed by atoms with Crippen LogP contribution in [0.4, 0.5) is 4.79 Å². The highest BCUT2D eigenvalue weighted by molar-refractivity contribution is 5.87. The van der Waals surface area contributed by atoms with Gasteiger partial charge in [-0.05, 0) is 46.4 Å². The van der Waals surface area contributed by atoms with Gasteiger partial charge in [0.15, 0.2) is 0 Å². The molecule has 0 unspecified atom stereocenters. The molecule has 0 atom stereocenters. The average Bonchev–Trinajstić information content (AvgIpc) is 3.19. The van der Waals surface area contributed by atoms with E-state index in [9.17, 15) is 14.4 Å². The Hall–Kier alpha value is -4.13. The molecule has 3 aromatic carbocycles. The van der Waals surface area contributed by atoms with Crippen LogP contribution in [0.5, 0.6) is 0 Å². The van der Waals surface area contributed by atoms with Crippen LogP contribution in [-0.2, 0) is 16.1 Å². The number of rotatable bonds is 9. The Morgan fingerprint density at radius 3 is 2.11 bits per heavy atom. The third kappa shape index (κ3) is 5.69. The van der Waals surface area contributed by atoms with Crippen molar-refractivity contribution >= 4 is 18.0 Å². The number of amides is 2. The molecule has 0 bridgehead atoms. The third-order valence-electron chi connectivity index (χ3n) is 6.23. The molecule has 0 fully saturated rings. The maximum atomic E-state index is 12.4. The lowest BCUT2D eigenvalue weighted by Crippen LogP contribution is -2.29. The van der Waals surface area contributed by atoms with Crippen LogP contribution in [0, 0.1) is 0 Å². The van der Waals surface area contributed by atoms with Gasteiger partial charge in [-0.15, -0.1) is 0 Å². The molecule has 0 spiro atoms.